The monoisotopic (exact) mass is 308 g/mol. The molecule has 0 fully saturated rings. The molecule has 0 aliphatic heterocycles. The fraction of sp³-hybridized carbons (Fsp3) is 0.222. The van der Waals surface area contributed by atoms with Crippen molar-refractivity contribution < 1.29 is 4.79 Å². The molecule has 3 aromatic rings. The fourth-order valence-electron chi connectivity index (χ4n) is 2.51. The predicted octanol–water partition coefficient (Wildman–Crippen LogP) is 3.39. The van der Waals surface area contributed by atoms with E-state index in [9.17, 15) is 4.79 Å². The highest BCUT2D eigenvalue weighted by atomic mass is 16.1. The van der Waals surface area contributed by atoms with Gasteiger partial charge in [0.1, 0.15) is 0 Å². The van der Waals surface area contributed by atoms with E-state index in [0.717, 1.165) is 28.5 Å². The van der Waals surface area contributed by atoms with Crippen LogP contribution in [-0.2, 0) is 7.05 Å². The molecule has 0 aliphatic rings. The van der Waals surface area contributed by atoms with Crippen LogP contribution in [0.5, 0.6) is 0 Å². The van der Waals surface area contributed by atoms with Crippen molar-refractivity contribution >= 4 is 11.6 Å². The summed E-state index contributed by atoms with van der Waals surface area (Å²) in [6.45, 7) is 5.96. The highest BCUT2D eigenvalue weighted by Gasteiger charge is 2.12. The quantitative estimate of drug-likeness (QED) is 0.806. The molecule has 0 saturated carbocycles. The van der Waals surface area contributed by atoms with Crippen LogP contribution in [0.1, 0.15) is 27.4 Å². The Morgan fingerprint density at radius 3 is 2.26 bits per heavy atom. The zero-order valence-corrected chi connectivity index (χ0v) is 13.8. The SMILES string of the molecule is Cc1ncn(-c2ccc(NC(=O)c3ccn(C)c3C)cc2)c1C. The fourth-order valence-corrected chi connectivity index (χ4v) is 2.51. The number of benzene rings is 1. The number of rotatable bonds is 3. The lowest BCUT2D eigenvalue weighted by Gasteiger charge is -2.09. The first-order chi connectivity index (χ1) is 11.0. The molecule has 5 heteroatoms. The van der Waals surface area contributed by atoms with Gasteiger partial charge in [-0.15, -0.1) is 0 Å². The average molecular weight is 308 g/mol. The van der Waals surface area contributed by atoms with E-state index < -0.39 is 0 Å². The molecule has 0 spiro atoms. The zero-order chi connectivity index (χ0) is 16.6. The molecule has 0 atom stereocenters. The Balaban J connectivity index is 1.79. The van der Waals surface area contributed by atoms with Crippen LogP contribution >= 0.6 is 0 Å². The van der Waals surface area contributed by atoms with Crippen LogP contribution in [0.3, 0.4) is 0 Å². The molecular formula is C18H20N4O. The van der Waals surface area contributed by atoms with Gasteiger partial charge in [0.05, 0.1) is 17.6 Å². The van der Waals surface area contributed by atoms with E-state index in [0.29, 0.717) is 5.56 Å². The number of carbonyl (C=O) groups is 1. The van der Waals surface area contributed by atoms with Gasteiger partial charge in [-0.3, -0.25) is 4.79 Å². The third kappa shape index (κ3) is 2.77. The van der Waals surface area contributed by atoms with Gasteiger partial charge in [0.25, 0.3) is 5.91 Å². The summed E-state index contributed by atoms with van der Waals surface area (Å²) in [4.78, 5) is 16.6. The Morgan fingerprint density at radius 2 is 1.74 bits per heavy atom. The maximum Gasteiger partial charge on any atom is 0.257 e. The second kappa shape index (κ2) is 5.76. The van der Waals surface area contributed by atoms with Gasteiger partial charge in [0, 0.05) is 36.0 Å². The topological polar surface area (TPSA) is 51.9 Å². The van der Waals surface area contributed by atoms with E-state index in [1.54, 1.807) is 0 Å². The summed E-state index contributed by atoms with van der Waals surface area (Å²) in [5.74, 6) is -0.0921. The van der Waals surface area contributed by atoms with Gasteiger partial charge in [-0.05, 0) is 51.1 Å². The third-order valence-corrected chi connectivity index (χ3v) is 4.28. The molecule has 3 rings (SSSR count). The van der Waals surface area contributed by atoms with Crippen molar-refractivity contribution in [2.75, 3.05) is 5.32 Å². The summed E-state index contributed by atoms with van der Waals surface area (Å²) in [5, 5.41) is 2.93. The summed E-state index contributed by atoms with van der Waals surface area (Å²) < 4.78 is 3.96. The first kappa shape index (κ1) is 15.1. The van der Waals surface area contributed by atoms with Gasteiger partial charge < -0.3 is 14.5 Å². The minimum atomic E-state index is -0.0921. The number of hydrogen-bond acceptors (Lipinski definition) is 2. The average Bonchev–Trinajstić information content (AvgIpc) is 3.04. The molecule has 5 nitrogen and oxygen atoms in total. The largest absolute Gasteiger partial charge is 0.354 e. The number of nitrogens with one attached hydrogen (secondary N) is 1. The lowest BCUT2D eigenvalue weighted by Crippen LogP contribution is -2.13. The zero-order valence-electron chi connectivity index (χ0n) is 13.8. The molecule has 0 bridgehead atoms. The van der Waals surface area contributed by atoms with Crippen molar-refractivity contribution in [2.24, 2.45) is 7.05 Å². The number of aromatic nitrogens is 3. The molecule has 1 amide bonds. The Hall–Kier alpha value is -2.82. The van der Waals surface area contributed by atoms with Crippen LogP contribution in [0.25, 0.3) is 5.69 Å². The van der Waals surface area contributed by atoms with Crippen molar-refractivity contribution in [3.8, 4) is 5.69 Å². The molecule has 118 valence electrons. The van der Waals surface area contributed by atoms with Gasteiger partial charge in [-0.1, -0.05) is 0 Å². The van der Waals surface area contributed by atoms with E-state index >= 15 is 0 Å². The summed E-state index contributed by atoms with van der Waals surface area (Å²) in [7, 11) is 1.93. The van der Waals surface area contributed by atoms with E-state index in [1.807, 2.05) is 79.8 Å². The van der Waals surface area contributed by atoms with Gasteiger partial charge in [0.15, 0.2) is 0 Å². The Labute approximate surface area is 135 Å². The van der Waals surface area contributed by atoms with Gasteiger partial charge in [0.2, 0.25) is 0 Å². The molecule has 0 aliphatic carbocycles. The number of amides is 1. The Bertz CT molecular complexity index is 856. The molecule has 0 saturated heterocycles. The summed E-state index contributed by atoms with van der Waals surface area (Å²) in [5.41, 5.74) is 5.57. The second-order valence-corrected chi connectivity index (χ2v) is 5.71. The number of anilines is 1. The van der Waals surface area contributed by atoms with Crippen LogP contribution in [0.4, 0.5) is 5.69 Å². The minimum absolute atomic E-state index is 0.0921. The molecule has 23 heavy (non-hydrogen) atoms. The number of imidazole rings is 1. The highest BCUT2D eigenvalue weighted by Crippen LogP contribution is 2.18. The Kier molecular flexibility index (Phi) is 3.78. The maximum absolute atomic E-state index is 12.3. The van der Waals surface area contributed by atoms with Crippen molar-refractivity contribution in [3.63, 3.8) is 0 Å². The lowest BCUT2D eigenvalue weighted by atomic mass is 10.2. The molecular weight excluding hydrogens is 288 g/mol. The predicted molar refractivity (Wildman–Crippen MR) is 91.1 cm³/mol. The molecule has 2 aromatic heterocycles. The van der Waals surface area contributed by atoms with Crippen molar-refractivity contribution in [3.05, 3.63) is 65.5 Å². The minimum Gasteiger partial charge on any atom is -0.354 e. The van der Waals surface area contributed by atoms with Crippen LogP contribution in [0, 0.1) is 20.8 Å². The van der Waals surface area contributed by atoms with Gasteiger partial charge >= 0.3 is 0 Å². The highest BCUT2D eigenvalue weighted by molar-refractivity contribution is 6.05. The maximum atomic E-state index is 12.3. The summed E-state index contributed by atoms with van der Waals surface area (Å²) in [6, 6.07) is 9.58. The number of aryl methyl sites for hydroxylation is 2. The normalized spacial score (nSPS) is 10.8. The number of nitrogens with zero attached hydrogens (tertiary/aromatic N) is 3. The standard InChI is InChI=1S/C18H20N4O/c1-12-13(2)22(11-19-12)16-7-5-15(6-8-16)20-18(23)17-9-10-21(4)14(17)3/h5-11H,1-4H3,(H,20,23). The third-order valence-electron chi connectivity index (χ3n) is 4.28. The van der Waals surface area contributed by atoms with E-state index in [2.05, 4.69) is 10.3 Å². The van der Waals surface area contributed by atoms with Gasteiger partial charge in [-0.25, -0.2) is 4.98 Å². The first-order valence-electron chi connectivity index (χ1n) is 7.51. The van der Waals surface area contributed by atoms with Crippen LogP contribution in [-0.4, -0.2) is 20.0 Å². The molecule has 2 heterocycles. The smallest absolute Gasteiger partial charge is 0.257 e. The van der Waals surface area contributed by atoms with Crippen molar-refractivity contribution in [1.29, 1.82) is 0 Å². The molecule has 1 aromatic carbocycles. The first-order valence-corrected chi connectivity index (χ1v) is 7.51. The molecule has 0 radical (unpaired) electrons. The van der Waals surface area contributed by atoms with E-state index in [-0.39, 0.29) is 5.91 Å². The second-order valence-electron chi connectivity index (χ2n) is 5.71. The summed E-state index contributed by atoms with van der Waals surface area (Å²) >= 11 is 0. The van der Waals surface area contributed by atoms with Crippen molar-refractivity contribution in [1.82, 2.24) is 14.1 Å². The van der Waals surface area contributed by atoms with Gasteiger partial charge in [-0.2, -0.15) is 0 Å². The van der Waals surface area contributed by atoms with Crippen LogP contribution in [0.15, 0.2) is 42.9 Å². The molecule has 0 unspecified atom stereocenters. The van der Waals surface area contributed by atoms with Crippen LogP contribution < -0.4 is 5.32 Å². The summed E-state index contributed by atoms with van der Waals surface area (Å²) in [6.07, 6.45) is 3.70. The lowest BCUT2D eigenvalue weighted by molar-refractivity contribution is 0.102. The molecule has 1 N–H and O–H groups in total. The van der Waals surface area contributed by atoms with E-state index in [4.69, 9.17) is 0 Å². The number of hydrogen-bond donors (Lipinski definition) is 1. The number of carbonyl (C=O) groups excluding carboxylic acids is 1. The Morgan fingerprint density at radius 1 is 1.04 bits per heavy atom. The van der Waals surface area contributed by atoms with Crippen LogP contribution in [0.2, 0.25) is 0 Å². The van der Waals surface area contributed by atoms with E-state index in [1.165, 1.54) is 0 Å². The van der Waals surface area contributed by atoms with Crippen molar-refractivity contribution in [2.45, 2.75) is 20.8 Å².